The van der Waals surface area contributed by atoms with Gasteiger partial charge in [0.25, 0.3) is 5.91 Å². The zero-order valence-electron chi connectivity index (χ0n) is 13.5. The van der Waals surface area contributed by atoms with Crippen LogP contribution in [0.2, 0.25) is 0 Å². The fourth-order valence-corrected chi connectivity index (χ4v) is 3.16. The van der Waals surface area contributed by atoms with Gasteiger partial charge in [-0.1, -0.05) is 17.4 Å². The SMILES string of the molecule is COCCn1ccc2c(C(=O)Nc3nnc(COC)s3)cccc21. The number of anilines is 1. The molecule has 3 rings (SSSR count). The van der Waals surface area contributed by atoms with Gasteiger partial charge in [0.15, 0.2) is 0 Å². The van der Waals surface area contributed by atoms with Crippen LogP contribution in [0.15, 0.2) is 30.5 Å². The van der Waals surface area contributed by atoms with Crippen molar-refractivity contribution < 1.29 is 14.3 Å². The first-order valence-corrected chi connectivity index (χ1v) is 8.24. The molecular formula is C16H18N4O3S. The van der Waals surface area contributed by atoms with Crippen molar-refractivity contribution in [2.24, 2.45) is 0 Å². The lowest BCUT2D eigenvalue weighted by atomic mass is 10.1. The zero-order chi connectivity index (χ0) is 16.9. The number of hydrogen-bond acceptors (Lipinski definition) is 6. The molecule has 1 N–H and O–H groups in total. The Hall–Kier alpha value is -2.29. The van der Waals surface area contributed by atoms with Gasteiger partial charge in [0.1, 0.15) is 11.6 Å². The van der Waals surface area contributed by atoms with Gasteiger partial charge in [-0.05, 0) is 18.2 Å². The average molecular weight is 346 g/mol. The number of nitrogens with one attached hydrogen (secondary N) is 1. The molecule has 0 bridgehead atoms. The first-order valence-electron chi connectivity index (χ1n) is 7.42. The standard InChI is InChI=1S/C16H18N4O3S/c1-22-9-8-20-7-6-11-12(4-3-5-13(11)20)15(21)17-16-19-18-14(24-16)10-23-2/h3-7H,8-10H2,1-2H3,(H,17,19,21). The number of ether oxygens (including phenoxy) is 2. The highest BCUT2D eigenvalue weighted by atomic mass is 32.1. The molecule has 0 fully saturated rings. The van der Waals surface area contributed by atoms with E-state index < -0.39 is 0 Å². The first-order chi connectivity index (χ1) is 11.7. The van der Waals surface area contributed by atoms with Gasteiger partial charge in [0, 0.05) is 43.4 Å². The topological polar surface area (TPSA) is 78.3 Å². The van der Waals surface area contributed by atoms with Crippen molar-refractivity contribution in [1.29, 1.82) is 0 Å². The van der Waals surface area contributed by atoms with Gasteiger partial charge in [-0.25, -0.2) is 0 Å². The molecule has 0 unspecified atom stereocenters. The number of amides is 1. The van der Waals surface area contributed by atoms with E-state index in [1.165, 1.54) is 11.3 Å². The van der Waals surface area contributed by atoms with Crippen molar-refractivity contribution >= 4 is 33.3 Å². The molecule has 0 radical (unpaired) electrons. The van der Waals surface area contributed by atoms with E-state index in [0.29, 0.717) is 23.9 Å². The maximum absolute atomic E-state index is 12.6. The van der Waals surface area contributed by atoms with Crippen molar-refractivity contribution in [3.8, 4) is 0 Å². The number of fused-ring (bicyclic) bond motifs is 1. The van der Waals surface area contributed by atoms with E-state index in [0.717, 1.165) is 22.5 Å². The van der Waals surface area contributed by atoms with Crippen LogP contribution in [0, 0.1) is 0 Å². The fourth-order valence-electron chi connectivity index (χ4n) is 2.46. The van der Waals surface area contributed by atoms with E-state index in [1.807, 2.05) is 24.4 Å². The van der Waals surface area contributed by atoms with Gasteiger partial charge in [0.2, 0.25) is 5.13 Å². The third kappa shape index (κ3) is 3.45. The second kappa shape index (κ2) is 7.52. The number of hydrogen-bond donors (Lipinski definition) is 1. The molecule has 0 saturated carbocycles. The lowest BCUT2D eigenvalue weighted by molar-refractivity contribution is 0.102. The summed E-state index contributed by atoms with van der Waals surface area (Å²) >= 11 is 1.30. The van der Waals surface area contributed by atoms with Gasteiger partial charge in [0.05, 0.1) is 6.61 Å². The Bertz CT molecular complexity index is 843. The van der Waals surface area contributed by atoms with Crippen LogP contribution in [0.3, 0.4) is 0 Å². The summed E-state index contributed by atoms with van der Waals surface area (Å²) in [5.41, 5.74) is 1.60. The first kappa shape index (κ1) is 16.6. The van der Waals surface area contributed by atoms with Crippen LogP contribution in [-0.4, -0.2) is 41.5 Å². The lowest BCUT2D eigenvalue weighted by Gasteiger charge is -2.06. The Labute approximate surface area is 143 Å². The van der Waals surface area contributed by atoms with Crippen molar-refractivity contribution in [3.63, 3.8) is 0 Å². The van der Waals surface area contributed by atoms with E-state index in [4.69, 9.17) is 9.47 Å². The van der Waals surface area contributed by atoms with Crippen LogP contribution in [0.25, 0.3) is 10.9 Å². The Morgan fingerprint density at radius 2 is 2.12 bits per heavy atom. The quantitative estimate of drug-likeness (QED) is 0.711. The minimum atomic E-state index is -0.204. The van der Waals surface area contributed by atoms with Gasteiger partial charge in [-0.15, -0.1) is 10.2 Å². The molecule has 1 aromatic carbocycles. The summed E-state index contributed by atoms with van der Waals surface area (Å²) in [5, 5.41) is 12.8. The molecule has 2 aromatic heterocycles. The highest BCUT2D eigenvalue weighted by molar-refractivity contribution is 7.15. The molecule has 0 aliphatic rings. The monoisotopic (exact) mass is 346 g/mol. The van der Waals surface area contributed by atoms with Crippen LogP contribution >= 0.6 is 11.3 Å². The number of carbonyl (C=O) groups is 1. The van der Waals surface area contributed by atoms with Crippen LogP contribution in [0.4, 0.5) is 5.13 Å². The van der Waals surface area contributed by atoms with Gasteiger partial charge < -0.3 is 14.0 Å². The maximum Gasteiger partial charge on any atom is 0.258 e. The number of nitrogens with zero attached hydrogens (tertiary/aromatic N) is 3. The Balaban J connectivity index is 1.82. The van der Waals surface area contributed by atoms with Crippen molar-refractivity contribution in [1.82, 2.24) is 14.8 Å². The summed E-state index contributed by atoms with van der Waals surface area (Å²) in [7, 11) is 3.26. The predicted octanol–water partition coefficient (Wildman–Crippen LogP) is 2.54. The molecule has 2 heterocycles. The highest BCUT2D eigenvalue weighted by Gasteiger charge is 2.14. The Morgan fingerprint density at radius 3 is 2.92 bits per heavy atom. The Morgan fingerprint density at radius 1 is 1.25 bits per heavy atom. The maximum atomic E-state index is 12.6. The summed E-state index contributed by atoms with van der Waals surface area (Å²) in [6.45, 7) is 1.74. The zero-order valence-corrected chi connectivity index (χ0v) is 14.3. The van der Waals surface area contributed by atoms with Crippen molar-refractivity contribution in [2.45, 2.75) is 13.2 Å². The Kier molecular flexibility index (Phi) is 5.19. The molecule has 0 spiro atoms. The molecule has 0 saturated heterocycles. The van der Waals surface area contributed by atoms with Gasteiger partial charge in [-0.2, -0.15) is 0 Å². The molecule has 0 aliphatic heterocycles. The molecule has 0 aliphatic carbocycles. The molecular weight excluding hydrogens is 328 g/mol. The summed E-state index contributed by atoms with van der Waals surface area (Å²) in [4.78, 5) is 12.6. The number of carbonyl (C=O) groups excluding carboxylic acids is 1. The third-order valence-electron chi connectivity index (χ3n) is 3.55. The van der Waals surface area contributed by atoms with E-state index >= 15 is 0 Å². The molecule has 24 heavy (non-hydrogen) atoms. The summed E-state index contributed by atoms with van der Waals surface area (Å²) < 4.78 is 12.2. The molecule has 7 nitrogen and oxygen atoms in total. The number of rotatable bonds is 7. The molecule has 0 atom stereocenters. The average Bonchev–Trinajstić information content (AvgIpc) is 3.20. The smallest absolute Gasteiger partial charge is 0.258 e. The molecule has 1 amide bonds. The van der Waals surface area contributed by atoms with Gasteiger partial charge >= 0.3 is 0 Å². The second-order valence-electron chi connectivity index (χ2n) is 5.13. The van der Waals surface area contributed by atoms with Crippen molar-refractivity contribution in [2.75, 3.05) is 26.1 Å². The second-order valence-corrected chi connectivity index (χ2v) is 6.19. The molecule has 126 valence electrons. The minimum Gasteiger partial charge on any atom is -0.383 e. The van der Waals surface area contributed by atoms with Crippen LogP contribution in [0.1, 0.15) is 15.4 Å². The number of methoxy groups -OCH3 is 2. The van der Waals surface area contributed by atoms with E-state index in [1.54, 1.807) is 20.3 Å². The van der Waals surface area contributed by atoms with Crippen LogP contribution in [-0.2, 0) is 22.6 Å². The predicted molar refractivity (Wildman–Crippen MR) is 92.4 cm³/mol. The van der Waals surface area contributed by atoms with Crippen LogP contribution < -0.4 is 5.32 Å². The number of aromatic nitrogens is 3. The molecule has 8 heteroatoms. The minimum absolute atomic E-state index is 0.204. The summed E-state index contributed by atoms with van der Waals surface area (Å²) in [6, 6.07) is 7.60. The molecule has 3 aromatic rings. The van der Waals surface area contributed by atoms with Crippen molar-refractivity contribution in [3.05, 3.63) is 41.0 Å². The number of benzene rings is 1. The van der Waals surface area contributed by atoms with E-state index in [2.05, 4.69) is 20.1 Å². The fraction of sp³-hybridized carbons (Fsp3) is 0.312. The lowest BCUT2D eigenvalue weighted by Crippen LogP contribution is -2.12. The third-order valence-corrected chi connectivity index (χ3v) is 4.36. The largest absolute Gasteiger partial charge is 0.383 e. The van der Waals surface area contributed by atoms with Crippen LogP contribution in [0.5, 0.6) is 0 Å². The van der Waals surface area contributed by atoms with Gasteiger partial charge in [-0.3, -0.25) is 10.1 Å². The highest BCUT2D eigenvalue weighted by Crippen LogP contribution is 2.22. The summed E-state index contributed by atoms with van der Waals surface area (Å²) in [5.74, 6) is -0.204. The normalized spacial score (nSPS) is 11.1. The van der Waals surface area contributed by atoms with E-state index in [9.17, 15) is 4.79 Å². The van der Waals surface area contributed by atoms with E-state index in [-0.39, 0.29) is 5.91 Å². The summed E-state index contributed by atoms with van der Waals surface area (Å²) in [6.07, 6.45) is 1.96.